The first kappa shape index (κ1) is 16.9. The van der Waals surface area contributed by atoms with Crippen molar-refractivity contribution in [1.82, 2.24) is 0 Å². The summed E-state index contributed by atoms with van der Waals surface area (Å²) < 4.78 is 11.8. The van der Waals surface area contributed by atoms with E-state index in [-0.39, 0.29) is 11.7 Å². The fourth-order valence-electron chi connectivity index (χ4n) is 3.74. The van der Waals surface area contributed by atoms with Gasteiger partial charge in [0.2, 0.25) is 0 Å². The predicted octanol–water partition coefficient (Wildman–Crippen LogP) is 4.08. The second-order valence-corrected chi connectivity index (χ2v) is 7.93. The molecule has 0 aromatic carbocycles. The summed E-state index contributed by atoms with van der Waals surface area (Å²) >= 11 is 0. The molecule has 2 fully saturated rings. The van der Waals surface area contributed by atoms with Gasteiger partial charge in [-0.1, -0.05) is 29.4 Å². The standard InChI is InChI=1S/C20H30O3/c1-14-6-5-11-20(4)18(23-20)10-8-15(2)12-17-16(9-7-14)19(3,21)13-22-17/h6,9,12,17-18,21H,5,7-8,10-11,13H2,1-4H3/b14-6-,15-12+,16-9+/t17-,18-,19+,20-/m1/s1. The lowest BCUT2D eigenvalue weighted by Crippen LogP contribution is -2.27. The molecule has 0 spiro atoms. The molecule has 23 heavy (non-hydrogen) atoms. The van der Waals surface area contributed by atoms with Crippen molar-refractivity contribution in [2.45, 2.75) is 83.2 Å². The van der Waals surface area contributed by atoms with Crippen LogP contribution in [0.5, 0.6) is 0 Å². The van der Waals surface area contributed by atoms with Crippen LogP contribution >= 0.6 is 0 Å². The average Bonchev–Trinajstić information content (AvgIpc) is 3.02. The lowest BCUT2D eigenvalue weighted by atomic mass is 9.90. The van der Waals surface area contributed by atoms with Gasteiger partial charge in [-0.3, -0.25) is 0 Å². The van der Waals surface area contributed by atoms with Crippen molar-refractivity contribution < 1.29 is 14.6 Å². The third-order valence-electron chi connectivity index (χ3n) is 5.52. The zero-order valence-corrected chi connectivity index (χ0v) is 14.9. The van der Waals surface area contributed by atoms with Gasteiger partial charge in [0.1, 0.15) is 5.60 Å². The molecular formula is C20H30O3. The van der Waals surface area contributed by atoms with Gasteiger partial charge in [-0.25, -0.2) is 0 Å². The first-order valence-electron chi connectivity index (χ1n) is 8.85. The number of rotatable bonds is 0. The maximum atomic E-state index is 10.6. The summed E-state index contributed by atoms with van der Waals surface area (Å²) in [5.41, 5.74) is 2.90. The molecule has 0 saturated carbocycles. The molecule has 1 aliphatic carbocycles. The molecule has 0 bridgehead atoms. The van der Waals surface area contributed by atoms with Crippen LogP contribution in [0.2, 0.25) is 0 Å². The first-order chi connectivity index (χ1) is 10.8. The number of epoxide rings is 1. The minimum absolute atomic E-state index is 0.0791. The van der Waals surface area contributed by atoms with Crippen molar-refractivity contribution in [2.75, 3.05) is 6.61 Å². The van der Waals surface area contributed by atoms with Crippen molar-refractivity contribution in [2.24, 2.45) is 0 Å². The lowest BCUT2D eigenvalue weighted by Gasteiger charge is -2.18. The molecular weight excluding hydrogens is 288 g/mol. The maximum Gasteiger partial charge on any atom is 0.109 e. The minimum atomic E-state index is -0.850. The van der Waals surface area contributed by atoms with Crippen LogP contribution in [0, 0.1) is 0 Å². The van der Waals surface area contributed by atoms with Crippen LogP contribution < -0.4 is 0 Å². The quantitative estimate of drug-likeness (QED) is 0.540. The Bertz CT molecular complexity index is 555. The van der Waals surface area contributed by atoms with Crippen LogP contribution in [0.4, 0.5) is 0 Å². The molecule has 2 saturated heterocycles. The largest absolute Gasteiger partial charge is 0.383 e. The van der Waals surface area contributed by atoms with E-state index >= 15 is 0 Å². The van der Waals surface area contributed by atoms with Gasteiger partial charge in [-0.05, 0) is 65.4 Å². The van der Waals surface area contributed by atoms with E-state index < -0.39 is 5.60 Å². The van der Waals surface area contributed by atoms with E-state index in [0.717, 1.165) is 37.7 Å². The molecule has 3 rings (SSSR count). The maximum absolute atomic E-state index is 10.6. The van der Waals surface area contributed by atoms with Crippen molar-refractivity contribution >= 4 is 0 Å². The van der Waals surface area contributed by atoms with Crippen molar-refractivity contribution in [1.29, 1.82) is 0 Å². The number of ether oxygens (including phenoxy) is 2. The molecule has 4 atom stereocenters. The van der Waals surface area contributed by atoms with E-state index in [1.165, 1.54) is 11.1 Å². The highest BCUT2D eigenvalue weighted by Gasteiger charge is 2.50. The van der Waals surface area contributed by atoms with Crippen LogP contribution in [0.1, 0.15) is 59.8 Å². The molecule has 3 nitrogen and oxygen atoms in total. The van der Waals surface area contributed by atoms with E-state index in [1.807, 2.05) is 6.92 Å². The highest BCUT2D eigenvalue weighted by atomic mass is 16.6. The molecule has 3 aliphatic rings. The smallest absolute Gasteiger partial charge is 0.109 e. The molecule has 0 radical (unpaired) electrons. The topological polar surface area (TPSA) is 42.0 Å². The Kier molecular flexibility index (Phi) is 4.56. The Hall–Kier alpha value is -0.900. The van der Waals surface area contributed by atoms with E-state index in [1.54, 1.807) is 0 Å². The number of hydrogen-bond donors (Lipinski definition) is 1. The van der Waals surface area contributed by atoms with E-state index in [0.29, 0.717) is 12.7 Å². The van der Waals surface area contributed by atoms with E-state index in [4.69, 9.17) is 9.47 Å². The summed E-state index contributed by atoms with van der Waals surface area (Å²) in [5, 5.41) is 10.6. The predicted molar refractivity (Wildman–Crippen MR) is 92.3 cm³/mol. The number of aliphatic hydroxyl groups is 1. The molecule has 128 valence electrons. The normalized spacial score (nSPS) is 48.7. The molecule has 0 amide bonds. The average molecular weight is 318 g/mol. The summed E-state index contributed by atoms with van der Waals surface area (Å²) in [7, 11) is 0. The third-order valence-corrected chi connectivity index (χ3v) is 5.52. The monoisotopic (exact) mass is 318 g/mol. The van der Waals surface area contributed by atoms with Gasteiger partial charge in [0, 0.05) is 0 Å². The highest BCUT2D eigenvalue weighted by Crippen LogP contribution is 2.44. The number of hydrogen-bond acceptors (Lipinski definition) is 3. The number of fused-ring (bicyclic) bond motifs is 2. The van der Waals surface area contributed by atoms with E-state index in [2.05, 4.69) is 39.0 Å². The Labute approximate surface area is 140 Å². The molecule has 0 aromatic heterocycles. The fraction of sp³-hybridized carbons (Fsp3) is 0.700. The van der Waals surface area contributed by atoms with Crippen LogP contribution in [0.15, 0.2) is 34.9 Å². The van der Waals surface area contributed by atoms with Gasteiger partial charge in [0.25, 0.3) is 0 Å². The third kappa shape index (κ3) is 3.78. The van der Waals surface area contributed by atoms with E-state index in [9.17, 15) is 5.11 Å². The summed E-state index contributed by atoms with van der Waals surface area (Å²) in [6.45, 7) is 8.79. The van der Waals surface area contributed by atoms with Gasteiger partial charge in [-0.15, -0.1) is 0 Å². The Morgan fingerprint density at radius 2 is 1.96 bits per heavy atom. The first-order valence-corrected chi connectivity index (χ1v) is 8.85. The van der Waals surface area contributed by atoms with Crippen LogP contribution in [0.25, 0.3) is 0 Å². The molecule has 0 aromatic rings. The summed E-state index contributed by atoms with van der Waals surface area (Å²) in [4.78, 5) is 0. The van der Waals surface area contributed by atoms with Crippen molar-refractivity contribution in [3.8, 4) is 0 Å². The second-order valence-electron chi connectivity index (χ2n) is 7.93. The van der Waals surface area contributed by atoms with Gasteiger partial charge in [0.15, 0.2) is 0 Å². The minimum Gasteiger partial charge on any atom is -0.383 e. The van der Waals surface area contributed by atoms with Crippen LogP contribution in [0.3, 0.4) is 0 Å². The Morgan fingerprint density at radius 3 is 2.74 bits per heavy atom. The van der Waals surface area contributed by atoms with Crippen LogP contribution in [-0.4, -0.2) is 35.1 Å². The fourth-order valence-corrected chi connectivity index (χ4v) is 3.74. The van der Waals surface area contributed by atoms with Crippen LogP contribution in [-0.2, 0) is 9.47 Å². The summed E-state index contributed by atoms with van der Waals surface area (Å²) in [6, 6.07) is 0. The van der Waals surface area contributed by atoms with Gasteiger partial charge < -0.3 is 14.6 Å². The van der Waals surface area contributed by atoms with Crippen molar-refractivity contribution in [3.63, 3.8) is 0 Å². The lowest BCUT2D eigenvalue weighted by molar-refractivity contribution is 0.0487. The molecule has 2 aliphatic heterocycles. The van der Waals surface area contributed by atoms with Crippen molar-refractivity contribution in [3.05, 3.63) is 34.9 Å². The number of allylic oxidation sites excluding steroid dienone is 4. The van der Waals surface area contributed by atoms with Gasteiger partial charge in [0.05, 0.1) is 24.4 Å². The summed E-state index contributed by atoms with van der Waals surface area (Å²) in [5.74, 6) is 0. The molecule has 3 heteroatoms. The SMILES string of the molecule is C/C1=C/CC[C@@]2(C)O[C@@H]2CC/C(C)=C/[C@H]2OC[C@](C)(O)/C2=C/C1. The zero-order valence-electron chi connectivity index (χ0n) is 14.9. The molecule has 2 heterocycles. The Morgan fingerprint density at radius 1 is 1.17 bits per heavy atom. The molecule has 1 N–H and O–H groups in total. The summed E-state index contributed by atoms with van der Waals surface area (Å²) in [6.07, 6.45) is 12.1. The Balaban J connectivity index is 1.83. The second kappa shape index (κ2) is 6.19. The van der Waals surface area contributed by atoms with Gasteiger partial charge >= 0.3 is 0 Å². The molecule has 0 unspecified atom stereocenters. The highest BCUT2D eigenvalue weighted by molar-refractivity contribution is 5.31. The van der Waals surface area contributed by atoms with Gasteiger partial charge in [-0.2, -0.15) is 0 Å². The zero-order chi connectivity index (χ0) is 16.7.